The van der Waals surface area contributed by atoms with Gasteiger partial charge in [-0.05, 0) is 31.4 Å². The highest BCUT2D eigenvalue weighted by molar-refractivity contribution is 7.19. The average molecular weight is 216 g/mol. The van der Waals surface area contributed by atoms with Gasteiger partial charge in [-0.3, -0.25) is 0 Å². The van der Waals surface area contributed by atoms with Gasteiger partial charge in [0.1, 0.15) is 5.60 Å². The van der Waals surface area contributed by atoms with E-state index < -0.39 is 5.60 Å². The molecule has 2 aromatic rings. The molecule has 0 fully saturated rings. The maximum atomic E-state index is 9.48. The van der Waals surface area contributed by atoms with Gasteiger partial charge >= 0.3 is 0 Å². The molecule has 0 aliphatic rings. The summed E-state index contributed by atoms with van der Waals surface area (Å²) in [5, 5.41) is 10.7. The third-order valence-corrected chi connectivity index (χ3v) is 2.95. The van der Waals surface area contributed by atoms with Gasteiger partial charge in [0.25, 0.3) is 0 Å². The van der Waals surface area contributed by atoms with E-state index >= 15 is 0 Å². The van der Waals surface area contributed by atoms with Crippen molar-refractivity contribution < 1.29 is 5.11 Å². The minimum Gasteiger partial charge on any atom is -0.378 e. The van der Waals surface area contributed by atoms with Crippen LogP contribution >= 0.6 is 11.3 Å². The van der Waals surface area contributed by atoms with Gasteiger partial charge in [0.15, 0.2) is 0 Å². The topological polar surface area (TPSA) is 20.2 Å². The molecule has 1 aromatic carbocycles. The SMILES string of the molecule is CC(C)(O)C#Cc1cc2ccccc2s1. The molecule has 1 N–H and O–H groups in total. The Morgan fingerprint density at radius 2 is 2.00 bits per heavy atom. The number of aliphatic hydroxyl groups is 1. The van der Waals surface area contributed by atoms with E-state index in [1.54, 1.807) is 25.2 Å². The Hall–Kier alpha value is -1.30. The van der Waals surface area contributed by atoms with E-state index in [1.807, 2.05) is 12.1 Å². The molecular formula is C13H12OS. The largest absolute Gasteiger partial charge is 0.378 e. The standard InChI is InChI=1S/C13H12OS/c1-13(2,14)8-7-11-9-10-5-3-4-6-12(10)15-11/h3-6,9,14H,1-2H3. The van der Waals surface area contributed by atoms with E-state index in [1.165, 1.54) is 10.1 Å². The molecule has 2 heteroatoms. The van der Waals surface area contributed by atoms with Gasteiger partial charge in [-0.25, -0.2) is 0 Å². The van der Waals surface area contributed by atoms with E-state index in [2.05, 4.69) is 30.0 Å². The molecule has 15 heavy (non-hydrogen) atoms. The first kappa shape index (κ1) is 10.2. The molecule has 0 aliphatic carbocycles. The summed E-state index contributed by atoms with van der Waals surface area (Å²) in [5.41, 5.74) is -0.920. The highest BCUT2D eigenvalue weighted by Crippen LogP contribution is 2.24. The number of hydrogen-bond donors (Lipinski definition) is 1. The van der Waals surface area contributed by atoms with E-state index in [9.17, 15) is 5.11 Å². The van der Waals surface area contributed by atoms with Crippen molar-refractivity contribution in [2.75, 3.05) is 0 Å². The fourth-order valence-electron chi connectivity index (χ4n) is 1.26. The van der Waals surface area contributed by atoms with Crippen molar-refractivity contribution in [3.63, 3.8) is 0 Å². The zero-order valence-corrected chi connectivity index (χ0v) is 9.56. The zero-order valence-electron chi connectivity index (χ0n) is 8.74. The summed E-state index contributed by atoms with van der Waals surface area (Å²) in [6.45, 7) is 3.38. The van der Waals surface area contributed by atoms with Crippen LogP contribution in [0.5, 0.6) is 0 Å². The first-order chi connectivity index (χ1) is 7.04. The average Bonchev–Trinajstić information content (AvgIpc) is 2.56. The number of rotatable bonds is 0. The van der Waals surface area contributed by atoms with Gasteiger partial charge in [0.2, 0.25) is 0 Å². The molecule has 0 bridgehead atoms. The molecule has 0 atom stereocenters. The second-order valence-electron chi connectivity index (χ2n) is 3.96. The number of hydrogen-bond acceptors (Lipinski definition) is 2. The van der Waals surface area contributed by atoms with Crippen LogP contribution in [0.25, 0.3) is 10.1 Å². The van der Waals surface area contributed by atoms with Crippen molar-refractivity contribution in [1.82, 2.24) is 0 Å². The molecule has 2 rings (SSSR count). The molecule has 1 nitrogen and oxygen atoms in total. The maximum Gasteiger partial charge on any atom is 0.120 e. The number of fused-ring (bicyclic) bond motifs is 1. The maximum absolute atomic E-state index is 9.48. The second kappa shape index (κ2) is 3.69. The molecule has 0 unspecified atom stereocenters. The fraction of sp³-hybridized carbons (Fsp3) is 0.231. The summed E-state index contributed by atoms with van der Waals surface area (Å²) >= 11 is 1.65. The zero-order chi connectivity index (χ0) is 10.9. The van der Waals surface area contributed by atoms with Crippen LogP contribution in [0.4, 0.5) is 0 Å². The highest BCUT2D eigenvalue weighted by Gasteiger charge is 2.06. The predicted molar refractivity (Wildman–Crippen MR) is 65.0 cm³/mol. The van der Waals surface area contributed by atoms with Gasteiger partial charge in [-0.2, -0.15) is 0 Å². The monoisotopic (exact) mass is 216 g/mol. The fourth-order valence-corrected chi connectivity index (χ4v) is 2.17. The van der Waals surface area contributed by atoms with Crippen molar-refractivity contribution in [2.24, 2.45) is 0 Å². The summed E-state index contributed by atoms with van der Waals surface area (Å²) in [4.78, 5) is 0.998. The molecule has 0 radical (unpaired) electrons. The normalized spacial score (nSPS) is 11.1. The lowest BCUT2D eigenvalue weighted by atomic mass is 10.1. The van der Waals surface area contributed by atoms with Crippen LogP contribution in [0, 0.1) is 11.8 Å². The van der Waals surface area contributed by atoms with Gasteiger partial charge in [-0.15, -0.1) is 11.3 Å². The quantitative estimate of drug-likeness (QED) is 0.671. The first-order valence-electron chi connectivity index (χ1n) is 4.79. The molecule has 0 amide bonds. The van der Waals surface area contributed by atoms with Gasteiger partial charge in [-0.1, -0.05) is 30.0 Å². The summed E-state index contributed by atoms with van der Waals surface area (Å²) in [6, 6.07) is 10.2. The lowest BCUT2D eigenvalue weighted by Crippen LogP contribution is -2.14. The molecule has 1 heterocycles. The summed E-state index contributed by atoms with van der Waals surface area (Å²) < 4.78 is 1.23. The van der Waals surface area contributed by atoms with Crippen LogP contribution in [0.1, 0.15) is 18.7 Å². The molecule has 0 saturated heterocycles. The molecule has 76 valence electrons. The van der Waals surface area contributed by atoms with E-state index in [0.717, 1.165) is 4.88 Å². The summed E-state index contributed by atoms with van der Waals surface area (Å²) in [6.07, 6.45) is 0. The van der Waals surface area contributed by atoms with Crippen LogP contribution in [-0.2, 0) is 0 Å². The first-order valence-corrected chi connectivity index (χ1v) is 5.60. The van der Waals surface area contributed by atoms with Crippen molar-refractivity contribution in [1.29, 1.82) is 0 Å². The molecular weight excluding hydrogens is 204 g/mol. The second-order valence-corrected chi connectivity index (χ2v) is 5.04. The smallest absolute Gasteiger partial charge is 0.120 e. The third-order valence-electron chi connectivity index (χ3n) is 1.92. The Kier molecular flexibility index (Phi) is 2.52. The summed E-state index contributed by atoms with van der Waals surface area (Å²) in [7, 11) is 0. The van der Waals surface area contributed by atoms with Crippen LogP contribution in [0.3, 0.4) is 0 Å². The van der Waals surface area contributed by atoms with E-state index in [-0.39, 0.29) is 0 Å². The van der Waals surface area contributed by atoms with Crippen LogP contribution in [0.15, 0.2) is 30.3 Å². The Labute approximate surface area is 93.4 Å². The highest BCUT2D eigenvalue weighted by atomic mass is 32.1. The minimum absolute atomic E-state index is 0.920. The van der Waals surface area contributed by atoms with Gasteiger partial charge in [0, 0.05) is 4.70 Å². The van der Waals surface area contributed by atoms with Crippen LogP contribution in [-0.4, -0.2) is 10.7 Å². The Morgan fingerprint density at radius 1 is 1.27 bits per heavy atom. The van der Waals surface area contributed by atoms with Gasteiger partial charge < -0.3 is 5.11 Å². The Bertz CT molecular complexity index is 502. The molecule has 0 aliphatic heterocycles. The Morgan fingerprint density at radius 3 is 2.67 bits per heavy atom. The van der Waals surface area contributed by atoms with Crippen LogP contribution in [0.2, 0.25) is 0 Å². The van der Waals surface area contributed by atoms with Crippen LogP contribution < -0.4 is 0 Å². The predicted octanol–water partition coefficient (Wildman–Crippen LogP) is 3.02. The van der Waals surface area contributed by atoms with Crippen molar-refractivity contribution in [3.8, 4) is 11.8 Å². The number of benzene rings is 1. The van der Waals surface area contributed by atoms with E-state index in [0.29, 0.717) is 0 Å². The Balaban J connectivity index is 2.41. The summed E-state index contributed by atoms with van der Waals surface area (Å²) in [5.74, 6) is 5.81. The molecule has 1 aromatic heterocycles. The lowest BCUT2D eigenvalue weighted by molar-refractivity contribution is 0.143. The molecule has 0 saturated carbocycles. The van der Waals surface area contributed by atoms with E-state index in [4.69, 9.17) is 0 Å². The lowest BCUT2D eigenvalue weighted by Gasteiger charge is -2.05. The third kappa shape index (κ3) is 2.59. The van der Waals surface area contributed by atoms with Crippen molar-refractivity contribution in [2.45, 2.75) is 19.4 Å². The minimum atomic E-state index is -0.920. The number of thiophene rings is 1. The molecule has 0 spiro atoms. The van der Waals surface area contributed by atoms with Crippen molar-refractivity contribution >= 4 is 21.4 Å². The van der Waals surface area contributed by atoms with Gasteiger partial charge in [0.05, 0.1) is 4.88 Å². The van der Waals surface area contributed by atoms with Crippen molar-refractivity contribution in [3.05, 3.63) is 35.2 Å².